The second-order valence-corrected chi connectivity index (χ2v) is 4.14. The fourth-order valence-electron chi connectivity index (χ4n) is 1.84. The minimum Gasteiger partial charge on any atom is -0.492 e. The summed E-state index contributed by atoms with van der Waals surface area (Å²) < 4.78 is 23.6. The highest BCUT2D eigenvalue weighted by molar-refractivity contribution is 5.21. The van der Waals surface area contributed by atoms with Crippen LogP contribution in [0.15, 0.2) is 24.3 Å². The van der Waals surface area contributed by atoms with Gasteiger partial charge >= 0.3 is 0 Å². The molecule has 0 spiro atoms. The fraction of sp³-hybridized carbons (Fsp3) is 0.538. The van der Waals surface area contributed by atoms with Gasteiger partial charge in [0.15, 0.2) is 0 Å². The van der Waals surface area contributed by atoms with Crippen molar-refractivity contribution in [2.75, 3.05) is 26.3 Å². The molecule has 1 aliphatic rings. The molecule has 0 radical (unpaired) electrons. The zero-order valence-electron chi connectivity index (χ0n) is 9.82. The van der Waals surface area contributed by atoms with E-state index in [1.807, 2.05) is 0 Å². The van der Waals surface area contributed by atoms with E-state index in [-0.39, 0.29) is 5.82 Å². The molecular formula is C13H18FNO2. The number of halogens is 1. The molecule has 0 saturated carbocycles. The summed E-state index contributed by atoms with van der Waals surface area (Å²) in [6.45, 7) is 3.13. The third-order valence-corrected chi connectivity index (χ3v) is 2.76. The van der Waals surface area contributed by atoms with E-state index in [4.69, 9.17) is 9.47 Å². The molecular weight excluding hydrogens is 221 g/mol. The van der Waals surface area contributed by atoms with Crippen LogP contribution in [0.3, 0.4) is 0 Å². The predicted octanol–water partition coefficient (Wildman–Crippen LogP) is 1.97. The Hall–Kier alpha value is -1.13. The molecule has 1 aromatic rings. The van der Waals surface area contributed by atoms with Gasteiger partial charge in [-0.1, -0.05) is 0 Å². The van der Waals surface area contributed by atoms with Crippen molar-refractivity contribution >= 4 is 0 Å². The third kappa shape index (κ3) is 4.32. The first-order chi connectivity index (χ1) is 8.34. The highest BCUT2D eigenvalue weighted by atomic mass is 19.1. The first-order valence-corrected chi connectivity index (χ1v) is 6.05. The van der Waals surface area contributed by atoms with E-state index in [0.717, 1.165) is 26.1 Å². The first-order valence-electron chi connectivity index (χ1n) is 6.05. The summed E-state index contributed by atoms with van der Waals surface area (Å²) in [6.07, 6.45) is 2.67. The molecule has 0 aromatic heterocycles. The maximum absolute atomic E-state index is 12.6. The molecule has 1 atom stereocenters. The minimum absolute atomic E-state index is 0.242. The summed E-state index contributed by atoms with van der Waals surface area (Å²) in [5.74, 6) is 0.458. The number of rotatable bonds is 6. The van der Waals surface area contributed by atoms with Crippen LogP contribution in [-0.4, -0.2) is 32.4 Å². The lowest BCUT2D eigenvalue weighted by Gasteiger charge is -2.11. The lowest BCUT2D eigenvalue weighted by atomic mass is 10.2. The monoisotopic (exact) mass is 239 g/mol. The van der Waals surface area contributed by atoms with Crippen LogP contribution in [0.2, 0.25) is 0 Å². The average molecular weight is 239 g/mol. The number of ether oxygens (including phenoxy) is 2. The summed E-state index contributed by atoms with van der Waals surface area (Å²) in [5.41, 5.74) is 0. The van der Waals surface area contributed by atoms with Crippen LogP contribution in [0.1, 0.15) is 12.8 Å². The van der Waals surface area contributed by atoms with Gasteiger partial charge in [0, 0.05) is 19.7 Å². The van der Waals surface area contributed by atoms with Gasteiger partial charge in [-0.15, -0.1) is 0 Å². The summed E-state index contributed by atoms with van der Waals surface area (Å²) in [5, 5.41) is 3.28. The molecule has 0 aliphatic carbocycles. The largest absolute Gasteiger partial charge is 0.492 e. The Morgan fingerprint density at radius 1 is 1.35 bits per heavy atom. The molecule has 1 heterocycles. The number of benzene rings is 1. The van der Waals surface area contributed by atoms with Gasteiger partial charge < -0.3 is 14.8 Å². The van der Waals surface area contributed by atoms with Crippen LogP contribution in [0.4, 0.5) is 4.39 Å². The van der Waals surface area contributed by atoms with Crippen LogP contribution in [0, 0.1) is 5.82 Å². The van der Waals surface area contributed by atoms with Crippen molar-refractivity contribution in [1.82, 2.24) is 5.32 Å². The van der Waals surface area contributed by atoms with E-state index >= 15 is 0 Å². The Bertz CT molecular complexity index is 323. The topological polar surface area (TPSA) is 30.5 Å². The van der Waals surface area contributed by atoms with Gasteiger partial charge in [-0.3, -0.25) is 0 Å². The van der Waals surface area contributed by atoms with E-state index < -0.39 is 0 Å². The fourth-order valence-corrected chi connectivity index (χ4v) is 1.84. The molecule has 1 aliphatic heterocycles. The van der Waals surface area contributed by atoms with E-state index in [1.165, 1.54) is 18.6 Å². The van der Waals surface area contributed by atoms with Crippen LogP contribution in [0.25, 0.3) is 0 Å². The van der Waals surface area contributed by atoms with Crippen LogP contribution in [-0.2, 0) is 4.74 Å². The van der Waals surface area contributed by atoms with Crippen LogP contribution >= 0.6 is 0 Å². The zero-order chi connectivity index (χ0) is 11.9. The molecule has 1 saturated heterocycles. The molecule has 2 rings (SSSR count). The summed E-state index contributed by atoms with van der Waals surface area (Å²) in [6, 6.07) is 6.06. The lowest BCUT2D eigenvalue weighted by Crippen LogP contribution is -2.29. The van der Waals surface area contributed by atoms with Crippen molar-refractivity contribution in [2.24, 2.45) is 0 Å². The third-order valence-electron chi connectivity index (χ3n) is 2.76. The quantitative estimate of drug-likeness (QED) is 0.770. The minimum atomic E-state index is -0.242. The summed E-state index contributed by atoms with van der Waals surface area (Å²) >= 11 is 0. The second-order valence-electron chi connectivity index (χ2n) is 4.14. The predicted molar refractivity (Wildman–Crippen MR) is 63.7 cm³/mol. The van der Waals surface area contributed by atoms with Crippen molar-refractivity contribution < 1.29 is 13.9 Å². The van der Waals surface area contributed by atoms with Gasteiger partial charge in [0.05, 0.1) is 6.10 Å². The molecule has 1 unspecified atom stereocenters. The smallest absolute Gasteiger partial charge is 0.123 e. The van der Waals surface area contributed by atoms with E-state index in [2.05, 4.69) is 5.32 Å². The van der Waals surface area contributed by atoms with Crippen LogP contribution < -0.4 is 10.1 Å². The Kier molecular flexibility index (Phi) is 4.76. The Morgan fingerprint density at radius 3 is 2.88 bits per heavy atom. The molecule has 1 aromatic carbocycles. The number of hydrogen-bond acceptors (Lipinski definition) is 3. The maximum atomic E-state index is 12.6. The number of nitrogens with one attached hydrogen (secondary N) is 1. The molecule has 1 fully saturated rings. The van der Waals surface area contributed by atoms with Gasteiger partial charge in [0.1, 0.15) is 18.2 Å². The molecule has 17 heavy (non-hydrogen) atoms. The van der Waals surface area contributed by atoms with Crippen molar-refractivity contribution in [3.05, 3.63) is 30.1 Å². The van der Waals surface area contributed by atoms with Gasteiger partial charge in [-0.25, -0.2) is 4.39 Å². The van der Waals surface area contributed by atoms with Crippen LogP contribution in [0.5, 0.6) is 5.75 Å². The average Bonchev–Trinajstić information content (AvgIpc) is 2.84. The van der Waals surface area contributed by atoms with E-state index in [0.29, 0.717) is 18.5 Å². The lowest BCUT2D eigenvalue weighted by molar-refractivity contribution is 0.109. The highest BCUT2D eigenvalue weighted by Gasteiger charge is 2.14. The molecule has 1 N–H and O–H groups in total. The highest BCUT2D eigenvalue weighted by Crippen LogP contribution is 2.11. The molecule has 0 amide bonds. The van der Waals surface area contributed by atoms with E-state index in [9.17, 15) is 4.39 Å². The molecule has 4 heteroatoms. The molecule has 3 nitrogen and oxygen atoms in total. The van der Waals surface area contributed by atoms with Gasteiger partial charge in [-0.2, -0.15) is 0 Å². The van der Waals surface area contributed by atoms with Gasteiger partial charge in [0.2, 0.25) is 0 Å². The Labute approximate surface area is 101 Å². The van der Waals surface area contributed by atoms with E-state index in [1.54, 1.807) is 12.1 Å². The van der Waals surface area contributed by atoms with Crippen molar-refractivity contribution in [3.8, 4) is 5.75 Å². The maximum Gasteiger partial charge on any atom is 0.123 e. The van der Waals surface area contributed by atoms with Crippen molar-refractivity contribution in [1.29, 1.82) is 0 Å². The standard InChI is InChI=1S/C13H18FNO2/c14-11-3-5-12(6-4-11)17-9-7-15-10-13-2-1-8-16-13/h3-6,13,15H,1-2,7-10H2. The Morgan fingerprint density at radius 2 is 2.18 bits per heavy atom. The summed E-state index contributed by atoms with van der Waals surface area (Å²) in [4.78, 5) is 0. The summed E-state index contributed by atoms with van der Waals surface area (Å²) in [7, 11) is 0. The molecule has 0 bridgehead atoms. The van der Waals surface area contributed by atoms with Crippen molar-refractivity contribution in [3.63, 3.8) is 0 Å². The van der Waals surface area contributed by atoms with Crippen molar-refractivity contribution in [2.45, 2.75) is 18.9 Å². The normalized spacial score (nSPS) is 19.5. The number of hydrogen-bond donors (Lipinski definition) is 1. The van der Waals surface area contributed by atoms with Gasteiger partial charge in [0.25, 0.3) is 0 Å². The zero-order valence-corrected chi connectivity index (χ0v) is 9.82. The SMILES string of the molecule is Fc1ccc(OCCNCC2CCCO2)cc1. The second kappa shape index (κ2) is 6.57. The van der Waals surface area contributed by atoms with Gasteiger partial charge in [-0.05, 0) is 37.1 Å². The Balaban J connectivity index is 1.55. The first kappa shape index (κ1) is 12.3. The molecule has 94 valence electrons.